The Labute approximate surface area is 96.1 Å². The maximum absolute atomic E-state index is 5.70. The molecule has 1 aromatic rings. The van der Waals surface area contributed by atoms with E-state index < -0.39 is 0 Å². The molecule has 0 aliphatic carbocycles. The minimum Gasteiger partial charge on any atom is -0.399 e. The fraction of sp³-hybridized carbons (Fsp3) is 0.385. The van der Waals surface area contributed by atoms with Gasteiger partial charge in [0.1, 0.15) is 0 Å². The lowest BCUT2D eigenvalue weighted by Gasteiger charge is -2.17. The van der Waals surface area contributed by atoms with Crippen molar-refractivity contribution < 1.29 is 0 Å². The molecule has 1 fully saturated rings. The van der Waals surface area contributed by atoms with Crippen LogP contribution < -0.4 is 10.6 Å². The zero-order valence-electron chi connectivity index (χ0n) is 9.56. The molecule has 2 heterocycles. The molecule has 3 heteroatoms. The van der Waals surface area contributed by atoms with Crippen LogP contribution in [0, 0.1) is 5.92 Å². The second kappa shape index (κ2) is 3.44. The van der Waals surface area contributed by atoms with Gasteiger partial charge in [-0.05, 0) is 30.7 Å². The van der Waals surface area contributed by atoms with E-state index in [2.05, 4.69) is 35.2 Å². The number of hydrogen-bond acceptors (Lipinski definition) is 3. The van der Waals surface area contributed by atoms with Gasteiger partial charge in [0.15, 0.2) is 0 Å². The molecular weight excluding hydrogens is 198 g/mol. The van der Waals surface area contributed by atoms with Crippen molar-refractivity contribution in [2.24, 2.45) is 5.92 Å². The molecule has 0 radical (unpaired) electrons. The summed E-state index contributed by atoms with van der Waals surface area (Å²) in [4.78, 5) is 4.69. The first kappa shape index (κ1) is 9.58. The molecule has 2 aliphatic heterocycles. The average molecular weight is 215 g/mol. The normalized spacial score (nSPS) is 23.6. The van der Waals surface area contributed by atoms with Crippen molar-refractivity contribution in [3.05, 3.63) is 36.2 Å². The van der Waals surface area contributed by atoms with Crippen molar-refractivity contribution in [2.75, 3.05) is 30.8 Å². The molecule has 0 bridgehead atoms. The molecule has 1 atom stereocenters. The Morgan fingerprint density at radius 3 is 2.69 bits per heavy atom. The second-order valence-electron chi connectivity index (χ2n) is 4.71. The summed E-state index contributed by atoms with van der Waals surface area (Å²) in [5, 5.41) is 0. The van der Waals surface area contributed by atoms with Crippen LogP contribution in [0.4, 0.5) is 11.4 Å². The fourth-order valence-corrected chi connectivity index (χ4v) is 2.62. The number of nitrogens with two attached hydrogens (primary N) is 1. The molecule has 0 amide bonds. The van der Waals surface area contributed by atoms with Crippen molar-refractivity contribution in [2.45, 2.75) is 6.42 Å². The molecule has 0 saturated carbocycles. The van der Waals surface area contributed by atoms with Crippen molar-refractivity contribution in [3.8, 4) is 0 Å². The predicted molar refractivity (Wildman–Crippen MR) is 67.0 cm³/mol. The topological polar surface area (TPSA) is 32.5 Å². The smallest absolute Gasteiger partial charge is 0.0408 e. The maximum atomic E-state index is 5.70. The Morgan fingerprint density at radius 1 is 1.25 bits per heavy atom. The van der Waals surface area contributed by atoms with Crippen LogP contribution in [0.25, 0.3) is 0 Å². The van der Waals surface area contributed by atoms with Gasteiger partial charge in [-0.3, -0.25) is 0 Å². The minimum absolute atomic E-state index is 0.725. The second-order valence-corrected chi connectivity index (χ2v) is 4.71. The van der Waals surface area contributed by atoms with Crippen LogP contribution >= 0.6 is 0 Å². The predicted octanol–water partition coefficient (Wildman–Crippen LogP) is 1.88. The Bertz CT molecular complexity index is 421. The van der Waals surface area contributed by atoms with Crippen LogP contribution in [0.5, 0.6) is 0 Å². The Balaban J connectivity index is 1.86. The van der Waals surface area contributed by atoms with E-state index in [1.165, 1.54) is 24.4 Å². The van der Waals surface area contributed by atoms with Gasteiger partial charge >= 0.3 is 0 Å². The summed E-state index contributed by atoms with van der Waals surface area (Å²) in [6.45, 7) is 2.32. The number of benzene rings is 1. The van der Waals surface area contributed by atoms with Gasteiger partial charge in [0.05, 0.1) is 0 Å². The first-order valence-electron chi connectivity index (χ1n) is 5.79. The lowest BCUT2D eigenvalue weighted by Crippen LogP contribution is -2.17. The van der Waals surface area contributed by atoms with E-state index in [1.54, 1.807) is 0 Å². The zero-order chi connectivity index (χ0) is 11.1. The molecule has 1 unspecified atom stereocenters. The number of likely N-dealkylation sites (tertiary alicyclic amines) is 1. The highest BCUT2D eigenvalue weighted by atomic mass is 15.2. The molecule has 1 saturated heterocycles. The monoisotopic (exact) mass is 215 g/mol. The van der Waals surface area contributed by atoms with Crippen LogP contribution in [-0.2, 0) is 0 Å². The third-order valence-electron chi connectivity index (χ3n) is 3.60. The average Bonchev–Trinajstić information content (AvgIpc) is 2.83. The van der Waals surface area contributed by atoms with Crippen molar-refractivity contribution in [1.29, 1.82) is 0 Å². The lowest BCUT2D eigenvalue weighted by atomic mass is 10.1. The van der Waals surface area contributed by atoms with Gasteiger partial charge in [-0.2, -0.15) is 0 Å². The maximum Gasteiger partial charge on any atom is 0.0408 e. The molecule has 1 aromatic carbocycles. The summed E-state index contributed by atoms with van der Waals surface area (Å²) in [5.41, 5.74) is 9.25. The van der Waals surface area contributed by atoms with Gasteiger partial charge in [0.25, 0.3) is 0 Å². The number of rotatable bonds is 1. The van der Waals surface area contributed by atoms with E-state index >= 15 is 0 Å². The number of anilines is 2. The van der Waals surface area contributed by atoms with Gasteiger partial charge < -0.3 is 15.5 Å². The fourth-order valence-electron chi connectivity index (χ4n) is 2.62. The Morgan fingerprint density at radius 2 is 2.00 bits per heavy atom. The van der Waals surface area contributed by atoms with Crippen LogP contribution in [0.1, 0.15) is 6.42 Å². The van der Waals surface area contributed by atoms with E-state index in [4.69, 9.17) is 5.73 Å². The highest BCUT2D eigenvalue weighted by Crippen LogP contribution is 2.35. The SMILES string of the molecule is CN1CCC2CN(c3ccc(N)cc3)C=C21. The summed E-state index contributed by atoms with van der Waals surface area (Å²) in [5.74, 6) is 0.725. The van der Waals surface area contributed by atoms with Crippen LogP contribution in [0.15, 0.2) is 36.2 Å². The van der Waals surface area contributed by atoms with Crippen molar-refractivity contribution in [3.63, 3.8) is 0 Å². The first-order chi connectivity index (χ1) is 7.74. The molecule has 84 valence electrons. The van der Waals surface area contributed by atoms with Crippen molar-refractivity contribution >= 4 is 11.4 Å². The summed E-state index contributed by atoms with van der Waals surface area (Å²) < 4.78 is 0. The van der Waals surface area contributed by atoms with Gasteiger partial charge in [-0.15, -0.1) is 0 Å². The molecule has 0 aromatic heterocycles. The molecule has 0 spiro atoms. The van der Waals surface area contributed by atoms with Crippen LogP contribution in [-0.4, -0.2) is 25.0 Å². The summed E-state index contributed by atoms with van der Waals surface area (Å²) >= 11 is 0. The number of hydrogen-bond donors (Lipinski definition) is 1. The standard InChI is InChI=1S/C13H17N3/c1-15-7-6-10-8-16(9-13(10)15)12-4-2-11(14)3-5-12/h2-5,9-10H,6-8,14H2,1H3. The molecule has 2 aliphatic rings. The van der Waals surface area contributed by atoms with Gasteiger partial charge in [0, 0.05) is 49.3 Å². The molecule has 16 heavy (non-hydrogen) atoms. The zero-order valence-corrected chi connectivity index (χ0v) is 9.56. The van der Waals surface area contributed by atoms with E-state index in [-0.39, 0.29) is 0 Å². The largest absolute Gasteiger partial charge is 0.399 e. The summed E-state index contributed by atoms with van der Waals surface area (Å²) in [7, 11) is 2.18. The number of nitrogen functional groups attached to an aromatic ring is 1. The lowest BCUT2D eigenvalue weighted by molar-refractivity contribution is 0.479. The van der Waals surface area contributed by atoms with Crippen LogP contribution in [0.3, 0.4) is 0 Å². The summed E-state index contributed by atoms with van der Waals surface area (Å²) in [6, 6.07) is 8.11. The molecule has 2 N–H and O–H groups in total. The molecule has 3 rings (SSSR count). The van der Waals surface area contributed by atoms with Gasteiger partial charge in [0.2, 0.25) is 0 Å². The number of fused-ring (bicyclic) bond motifs is 1. The first-order valence-corrected chi connectivity index (χ1v) is 5.79. The minimum atomic E-state index is 0.725. The highest BCUT2D eigenvalue weighted by Gasteiger charge is 2.32. The number of nitrogens with zero attached hydrogens (tertiary/aromatic N) is 2. The Hall–Kier alpha value is -1.64. The van der Waals surface area contributed by atoms with Crippen LogP contribution in [0.2, 0.25) is 0 Å². The van der Waals surface area contributed by atoms with Gasteiger partial charge in [-0.1, -0.05) is 0 Å². The van der Waals surface area contributed by atoms with E-state index in [0.717, 1.165) is 18.2 Å². The molecule has 3 nitrogen and oxygen atoms in total. The van der Waals surface area contributed by atoms with E-state index in [1.807, 2.05) is 12.1 Å². The third kappa shape index (κ3) is 1.43. The van der Waals surface area contributed by atoms with E-state index in [9.17, 15) is 0 Å². The third-order valence-corrected chi connectivity index (χ3v) is 3.60. The summed E-state index contributed by atoms with van der Waals surface area (Å²) in [6.07, 6.45) is 3.57. The highest BCUT2D eigenvalue weighted by molar-refractivity contribution is 5.56. The van der Waals surface area contributed by atoms with Gasteiger partial charge in [-0.25, -0.2) is 0 Å². The van der Waals surface area contributed by atoms with E-state index in [0.29, 0.717) is 0 Å². The Kier molecular flexibility index (Phi) is 2.06. The molecular formula is C13H17N3. The quantitative estimate of drug-likeness (QED) is 0.726. The van der Waals surface area contributed by atoms with Crippen molar-refractivity contribution in [1.82, 2.24) is 4.90 Å².